The molecule has 3 nitrogen and oxygen atoms in total. The number of aromatic carboxylic acids is 1. The van der Waals surface area contributed by atoms with Crippen molar-refractivity contribution in [3.63, 3.8) is 0 Å². The van der Waals surface area contributed by atoms with E-state index in [0.29, 0.717) is 11.0 Å². The Balaban J connectivity index is 2.22. The SMILES string of the molecule is CCC1(C)CCN(c2ccc(C)cc2C(=O)O)CC1. The van der Waals surface area contributed by atoms with Gasteiger partial charge in [-0.2, -0.15) is 0 Å². The van der Waals surface area contributed by atoms with Gasteiger partial charge in [-0.3, -0.25) is 0 Å². The van der Waals surface area contributed by atoms with Crippen LogP contribution in [-0.2, 0) is 0 Å². The van der Waals surface area contributed by atoms with Crippen molar-refractivity contribution < 1.29 is 9.90 Å². The molecule has 1 aromatic carbocycles. The minimum atomic E-state index is -0.831. The maximum atomic E-state index is 11.4. The van der Waals surface area contributed by atoms with Gasteiger partial charge in [-0.25, -0.2) is 4.79 Å². The summed E-state index contributed by atoms with van der Waals surface area (Å²) in [4.78, 5) is 13.6. The van der Waals surface area contributed by atoms with Crippen LogP contribution in [0.15, 0.2) is 18.2 Å². The molecule has 0 aliphatic carbocycles. The van der Waals surface area contributed by atoms with Crippen LogP contribution in [0, 0.1) is 12.3 Å². The van der Waals surface area contributed by atoms with Crippen LogP contribution in [0.5, 0.6) is 0 Å². The fraction of sp³-hybridized carbons (Fsp3) is 0.562. The van der Waals surface area contributed by atoms with E-state index < -0.39 is 5.97 Å². The first-order valence-corrected chi connectivity index (χ1v) is 7.04. The van der Waals surface area contributed by atoms with Gasteiger partial charge >= 0.3 is 5.97 Å². The summed E-state index contributed by atoms with van der Waals surface area (Å²) in [5, 5.41) is 9.34. The third-order valence-corrected chi connectivity index (χ3v) is 4.55. The van der Waals surface area contributed by atoms with Gasteiger partial charge in [-0.1, -0.05) is 31.9 Å². The second-order valence-electron chi connectivity index (χ2n) is 5.98. The molecule has 1 aromatic rings. The van der Waals surface area contributed by atoms with E-state index in [0.717, 1.165) is 37.2 Å². The molecule has 0 bridgehead atoms. The van der Waals surface area contributed by atoms with Crippen molar-refractivity contribution >= 4 is 11.7 Å². The number of rotatable bonds is 3. The molecular formula is C16H23NO2. The maximum Gasteiger partial charge on any atom is 0.337 e. The van der Waals surface area contributed by atoms with Crippen LogP contribution in [-0.4, -0.2) is 24.2 Å². The van der Waals surface area contributed by atoms with Gasteiger partial charge in [0.15, 0.2) is 0 Å². The van der Waals surface area contributed by atoms with Gasteiger partial charge in [-0.05, 0) is 37.3 Å². The second kappa shape index (κ2) is 5.24. The van der Waals surface area contributed by atoms with E-state index in [1.165, 1.54) is 6.42 Å². The molecule has 104 valence electrons. The largest absolute Gasteiger partial charge is 0.478 e. The highest BCUT2D eigenvalue weighted by Crippen LogP contribution is 2.36. The first-order valence-electron chi connectivity index (χ1n) is 7.04. The van der Waals surface area contributed by atoms with Crippen LogP contribution >= 0.6 is 0 Å². The Labute approximate surface area is 115 Å². The summed E-state index contributed by atoms with van der Waals surface area (Å²) in [5.41, 5.74) is 2.72. The number of carboxylic acid groups (broad SMARTS) is 1. The molecule has 19 heavy (non-hydrogen) atoms. The van der Waals surface area contributed by atoms with Gasteiger partial charge in [0.1, 0.15) is 0 Å². The Hall–Kier alpha value is -1.51. The molecule has 0 amide bonds. The summed E-state index contributed by atoms with van der Waals surface area (Å²) in [7, 11) is 0. The molecule has 1 aliphatic heterocycles. The predicted octanol–water partition coefficient (Wildman–Crippen LogP) is 3.71. The third kappa shape index (κ3) is 2.91. The molecule has 0 saturated carbocycles. The number of benzene rings is 1. The molecule has 1 N–H and O–H groups in total. The zero-order valence-electron chi connectivity index (χ0n) is 12.1. The van der Waals surface area contributed by atoms with Gasteiger partial charge in [0, 0.05) is 13.1 Å². The average molecular weight is 261 g/mol. The van der Waals surface area contributed by atoms with Crippen molar-refractivity contribution in [2.45, 2.75) is 40.0 Å². The summed E-state index contributed by atoms with van der Waals surface area (Å²) in [6.07, 6.45) is 3.47. The van der Waals surface area contributed by atoms with Gasteiger partial charge in [0.05, 0.1) is 11.3 Å². The molecule has 0 radical (unpaired) electrons. The molecule has 0 aromatic heterocycles. The topological polar surface area (TPSA) is 40.5 Å². The fourth-order valence-electron chi connectivity index (χ4n) is 2.74. The molecule has 1 fully saturated rings. The quantitative estimate of drug-likeness (QED) is 0.901. The van der Waals surface area contributed by atoms with Crippen molar-refractivity contribution in [3.05, 3.63) is 29.3 Å². The molecule has 1 saturated heterocycles. The Morgan fingerprint density at radius 3 is 2.53 bits per heavy atom. The van der Waals surface area contributed by atoms with E-state index in [4.69, 9.17) is 0 Å². The monoisotopic (exact) mass is 261 g/mol. The number of aryl methyl sites for hydroxylation is 1. The molecule has 0 unspecified atom stereocenters. The van der Waals surface area contributed by atoms with E-state index in [1.54, 1.807) is 6.07 Å². The van der Waals surface area contributed by atoms with Crippen molar-refractivity contribution in [1.82, 2.24) is 0 Å². The Bertz CT molecular complexity index is 474. The number of carboxylic acids is 1. The van der Waals surface area contributed by atoms with Gasteiger partial charge in [0.2, 0.25) is 0 Å². The zero-order valence-corrected chi connectivity index (χ0v) is 12.1. The van der Waals surface area contributed by atoms with Gasteiger partial charge in [0.25, 0.3) is 0 Å². The lowest BCUT2D eigenvalue weighted by atomic mass is 9.78. The smallest absolute Gasteiger partial charge is 0.337 e. The van der Waals surface area contributed by atoms with Crippen molar-refractivity contribution in [2.75, 3.05) is 18.0 Å². The molecule has 1 heterocycles. The summed E-state index contributed by atoms with van der Waals surface area (Å²) in [6.45, 7) is 8.41. The fourth-order valence-corrected chi connectivity index (χ4v) is 2.74. The lowest BCUT2D eigenvalue weighted by Gasteiger charge is -2.40. The average Bonchev–Trinajstić information content (AvgIpc) is 2.40. The second-order valence-corrected chi connectivity index (χ2v) is 5.98. The van der Waals surface area contributed by atoms with E-state index in [-0.39, 0.29) is 0 Å². The van der Waals surface area contributed by atoms with Crippen LogP contribution in [0.4, 0.5) is 5.69 Å². The number of piperidine rings is 1. The summed E-state index contributed by atoms with van der Waals surface area (Å²) in [6, 6.07) is 5.72. The van der Waals surface area contributed by atoms with Crippen LogP contribution in [0.2, 0.25) is 0 Å². The first-order chi connectivity index (χ1) is 8.95. The van der Waals surface area contributed by atoms with Crippen LogP contribution in [0.3, 0.4) is 0 Å². The lowest BCUT2D eigenvalue weighted by Crippen LogP contribution is -2.39. The van der Waals surface area contributed by atoms with E-state index in [1.807, 2.05) is 19.1 Å². The number of hydrogen-bond donors (Lipinski definition) is 1. The van der Waals surface area contributed by atoms with E-state index >= 15 is 0 Å². The van der Waals surface area contributed by atoms with Crippen LogP contribution in [0.25, 0.3) is 0 Å². The Kier molecular flexibility index (Phi) is 3.83. The predicted molar refractivity (Wildman–Crippen MR) is 78.0 cm³/mol. The molecule has 0 atom stereocenters. The summed E-state index contributed by atoms with van der Waals surface area (Å²) >= 11 is 0. The minimum absolute atomic E-state index is 0.421. The lowest BCUT2D eigenvalue weighted by molar-refractivity contribution is 0.0697. The molecule has 3 heteroatoms. The summed E-state index contributed by atoms with van der Waals surface area (Å²) in [5.74, 6) is -0.831. The van der Waals surface area contributed by atoms with Crippen molar-refractivity contribution in [2.24, 2.45) is 5.41 Å². The highest BCUT2D eigenvalue weighted by molar-refractivity contribution is 5.94. The standard InChI is InChI=1S/C16H23NO2/c1-4-16(3)7-9-17(10-8-16)14-6-5-12(2)11-13(14)15(18)19/h5-6,11H,4,7-10H2,1-3H3,(H,18,19). The molecule has 1 aliphatic rings. The van der Waals surface area contributed by atoms with Crippen LogP contribution < -0.4 is 4.90 Å². The Morgan fingerprint density at radius 2 is 2.00 bits per heavy atom. The minimum Gasteiger partial charge on any atom is -0.478 e. The first kappa shape index (κ1) is 13.9. The van der Waals surface area contributed by atoms with E-state index in [2.05, 4.69) is 18.7 Å². The van der Waals surface area contributed by atoms with Crippen LogP contribution in [0.1, 0.15) is 49.0 Å². The third-order valence-electron chi connectivity index (χ3n) is 4.55. The van der Waals surface area contributed by atoms with Crippen molar-refractivity contribution in [1.29, 1.82) is 0 Å². The van der Waals surface area contributed by atoms with E-state index in [9.17, 15) is 9.90 Å². The number of hydrogen-bond acceptors (Lipinski definition) is 2. The van der Waals surface area contributed by atoms with Gasteiger partial charge < -0.3 is 10.0 Å². The number of carbonyl (C=O) groups is 1. The maximum absolute atomic E-state index is 11.4. The van der Waals surface area contributed by atoms with Crippen molar-refractivity contribution in [3.8, 4) is 0 Å². The zero-order chi connectivity index (χ0) is 14.0. The summed E-state index contributed by atoms with van der Waals surface area (Å²) < 4.78 is 0. The molecular weight excluding hydrogens is 238 g/mol. The molecule has 2 rings (SSSR count). The number of anilines is 1. The number of nitrogens with zero attached hydrogens (tertiary/aromatic N) is 1. The highest BCUT2D eigenvalue weighted by Gasteiger charge is 2.29. The van der Waals surface area contributed by atoms with Gasteiger partial charge in [-0.15, -0.1) is 0 Å². The highest BCUT2D eigenvalue weighted by atomic mass is 16.4. The normalized spacial score (nSPS) is 18.4. The Morgan fingerprint density at radius 1 is 1.37 bits per heavy atom. The molecule has 0 spiro atoms.